The van der Waals surface area contributed by atoms with Crippen LogP contribution >= 0.6 is 0 Å². The lowest BCUT2D eigenvalue weighted by Gasteiger charge is -2.14. The number of aliphatic hydroxyl groups excluding tert-OH is 1. The normalized spacial score (nSPS) is 13.1. The van der Waals surface area contributed by atoms with Gasteiger partial charge in [0, 0.05) is 0 Å². The first-order valence-corrected chi connectivity index (χ1v) is 4.69. The Hall–Kier alpha value is -1.22. The van der Waals surface area contributed by atoms with E-state index in [-0.39, 0.29) is 17.4 Å². The zero-order valence-electron chi connectivity index (χ0n) is 8.44. The Bertz CT molecular complexity index is 307. The third-order valence-electron chi connectivity index (χ3n) is 2.25. The second-order valence-corrected chi connectivity index (χ2v) is 3.84. The number of aliphatic hydroxyl groups is 1. The maximum Gasteiger partial charge on any atom is 0.157 e. The Morgan fingerprint density at radius 1 is 1.14 bits per heavy atom. The Labute approximate surface area is 83.6 Å². The fourth-order valence-corrected chi connectivity index (χ4v) is 1.17. The van der Waals surface area contributed by atoms with E-state index in [2.05, 4.69) is 0 Å². The molecular formula is C11H16O3. The number of phenolic OH excluding ortho intramolecular Hbond substituents is 2. The Morgan fingerprint density at radius 2 is 1.79 bits per heavy atom. The molecule has 3 nitrogen and oxygen atoms in total. The van der Waals surface area contributed by atoms with Gasteiger partial charge < -0.3 is 15.3 Å². The lowest BCUT2D eigenvalue weighted by molar-refractivity contribution is 0.125. The molecule has 1 atom stereocenters. The van der Waals surface area contributed by atoms with Gasteiger partial charge in [0.05, 0.1) is 6.10 Å². The van der Waals surface area contributed by atoms with Crippen molar-refractivity contribution in [3.05, 3.63) is 23.8 Å². The molecule has 0 aliphatic heterocycles. The van der Waals surface area contributed by atoms with Crippen LogP contribution in [-0.2, 0) is 6.42 Å². The number of phenols is 2. The molecule has 1 aromatic rings. The molecule has 3 N–H and O–H groups in total. The molecular weight excluding hydrogens is 180 g/mol. The van der Waals surface area contributed by atoms with Crippen LogP contribution in [0.15, 0.2) is 18.2 Å². The molecule has 0 fully saturated rings. The van der Waals surface area contributed by atoms with Crippen LogP contribution in [0.4, 0.5) is 0 Å². The second kappa shape index (κ2) is 4.33. The van der Waals surface area contributed by atoms with E-state index < -0.39 is 6.10 Å². The number of benzene rings is 1. The van der Waals surface area contributed by atoms with Crippen LogP contribution in [-0.4, -0.2) is 21.4 Å². The molecule has 0 aliphatic rings. The number of hydrogen-bond acceptors (Lipinski definition) is 3. The zero-order valence-corrected chi connectivity index (χ0v) is 8.44. The Kier molecular flexibility index (Phi) is 3.36. The van der Waals surface area contributed by atoms with Gasteiger partial charge in [-0.3, -0.25) is 0 Å². The van der Waals surface area contributed by atoms with Gasteiger partial charge in [0.25, 0.3) is 0 Å². The van der Waals surface area contributed by atoms with Crippen LogP contribution < -0.4 is 0 Å². The summed E-state index contributed by atoms with van der Waals surface area (Å²) >= 11 is 0. The summed E-state index contributed by atoms with van der Waals surface area (Å²) in [5.74, 6) is -0.0859. The minimum atomic E-state index is -0.418. The molecule has 0 aromatic heterocycles. The molecule has 0 saturated heterocycles. The maximum atomic E-state index is 9.60. The van der Waals surface area contributed by atoms with Crippen molar-refractivity contribution in [2.24, 2.45) is 5.92 Å². The van der Waals surface area contributed by atoms with Crippen LogP contribution in [0.5, 0.6) is 11.5 Å². The van der Waals surface area contributed by atoms with E-state index in [0.29, 0.717) is 6.42 Å². The largest absolute Gasteiger partial charge is 0.504 e. The fraction of sp³-hybridized carbons (Fsp3) is 0.455. The first kappa shape index (κ1) is 10.9. The predicted molar refractivity (Wildman–Crippen MR) is 54.3 cm³/mol. The maximum absolute atomic E-state index is 9.60. The zero-order chi connectivity index (χ0) is 10.7. The first-order chi connectivity index (χ1) is 6.50. The molecule has 0 unspecified atom stereocenters. The molecule has 14 heavy (non-hydrogen) atoms. The molecule has 0 amide bonds. The van der Waals surface area contributed by atoms with Crippen LogP contribution in [0, 0.1) is 5.92 Å². The molecule has 0 saturated carbocycles. The second-order valence-electron chi connectivity index (χ2n) is 3.84. The van der Waals surface area contributed by atoms with Crippen molar-refractivity contribution in [2.75, 3.05) is 0 Å². The first-order valence-electron chi connectivity index (χ1n) is 4.69. The van der Waals surface area contributed by atoms with E-state index in [9.17, 15) is 10.2 Å². The number of aromatic hydroxyl groups is 2. The lowest BCUT2D eigenvalue weighted by atomic mass is 9.99. The van der Waals surface area contributed by atoms with Gasteiger partial charge in [-0.15, -0.1) is 0 Å². The summed E-state index contributed by atoms with van der Waals surface area (Å²) in [4.78, 5) is 0. The summed E-state index contributed by atoms with van der Waals surface area (Å²) in [6, 6.07) is 4.60. The van der Waals surface area contributed by atoms with Crippen molar-refractivity contribution >= 4 is 0 Å². The average molecular weight is 196 g/mol. The van der Waals surface area contributed by atoms with Gasteiger partial charge in [-0.2, -0.15) is 0 Å². The predicted octanol–water partition coefficient (Wildman–Crippen LogP) is 1.66. The van der Waals surface area contributed by atoms with Gasteiger partial charge in [-0.25, -0.2) is 0 Å². The van der Waals surface area contributed by atoms with Gasteiger partial charge in [-0.1, -0.05) is 19.9 Å². The van der Waals surface area contributed by atoms with E-state index in [1.165, 1.54) is 12.1 Å². The lowest BCUT2D eigenvalue weighted by Crippen LogP contribution is -2.17. The van der Waals surface area contributed by atoms with Gasteiger partial charge in [0.1, 0.15) is 0 Å². The van der Waals surface area contributed by atoms with E-state index in [1.54, 1.807) is 6.07 Å². The molecule has 0 bridgehead atoms. The SMILES string of the molecule is CC(C)[C@H](O)Cc1ccc(O)c(O)c1. The van der Waals surface area contributed by atoms with Crippen molar-refractivity contribution in [3.63, 3.8) is 0 Å². The molecule has 0 heterocycles. The van der Waals surface area contributed by atoms with Crippen molar-refractivity contribution in [3.8, 4) is 11.5 Å². The van der Waals surface area contributed by atoms with Gasteiger partial charge in [-0.05, 0) is 30.0 Å². The highest BCUT2D eigenvalue weighted by molar-refractivity contribution is 5.40. The van der Waals surface area contributed by atoms with Gasteiger partial charge in [0.2, 0.25) is 0 Å². The number of hydrogen-bond donors (Lipinski definition) is 3. The van der Waals surface area contributed by atoms with E-state index in [4.69, 9.17) is 5.11 Å². The average Bonchev–Trinajstić information content (AvgIpc) is 2.11. The van der Waals surface area contributed by atoms with Crippen molar-refractivity contribution in [2.45, 2.75) is 26.4 Å². The number of rotatable bonds is 3. The molecule has 0 radical (unpaired) electrons. The van der Waals surface area contributed by atoms with E-state index in [1.807, 2.05) is 13.8 Å². The van der Waals surface area contributed by atoms with Crippen molar-refractivity contribution in [1.29, 1.82) is 0 Å². The monoisotopic (exact) mass is 196 g/mol. The Morgan fingerprint density at radius 3 is 2.29 bits per heavy atom. The molecule has 78 valence electrons. The van der Waals surface area contributed by atoms with Gasteiger partial charge in [0.15, 0.2) is 11.5 Å². The Balaban J connectivity index is 2.73. The minimum Gasteiger partial charge on any atom is -0.504 e. The molecule has 1 aromatic carbocycles. The summed E-state index contributed by atoms with van der Waals surface area (Å²) < 4.78 is 0. The highest BCUT2D eigenvalue weighted by Gasteiger charge is 2.10. The van der Waals surface area contributed by atoms with E-state index in [0.717, 1.165) is 5.56 Å². The quantitative estimate of drug-likeness (QED) is 0.644. The van der Waals surface area contributed by atoms with E-state index >= 15 is 0 Å². The highest BCUT2D eigenvalue weighted by Crippen LogP contribution is 2.25. The van der Waals surface area contributed by atoms with Crippen LogP contribution in [0.3, 0.4) is 0 Å². The molecule has 3 heteroatoms. The van der Waals surface area contributed by atoms with Crippen LogP contribution in [0.25, 0.3) is 0 Å². The van der Waals surface area contributed by atoms with Crippen LogP contribution in [0.1, 0.15) is 19.4 Å². The molecule has 1 rings (SSSR count). The van der Waals surface area contributed by atoms with Crippen molar-refractivity contribution < 1.29 is 15.3 Å². The molecule has 0 aliphatic carbocycles. The summed E-state index contributed by atoms with van der Waals surface area (Å²) in [5, 5.41) is 27.9. The third kappa shape index (κ3) is 2.64. The smallest absolute Gasteiger partial charge is 0.157 e. The topological polar surface area (TPSA) is 60.7 Å². The summed E-state index contributed by atoms with van der Waals surface area (Å²) in [7, 11) is 0. The highest BCUT2D eigenvalue weighted by atomic mass is 16.3. The standard InChI is InChI=1S/C11H16O3/c1-7(2)10(13)5-8-3-4-9(12)11(14)6-8/h3-4,6-7,10,12-14H,5H2,1-2H3/t10-/m1/s1. The van der Waals surface area contributed by atoms with Crippen LogP contribution in [0.2, 0.25) is 0 Å². The minimum absolute atomic E-state index is 0.132. The fourth-order valence-electron chi connectivity index (χ4n) is 1.17. The third-order valence-corrected chi connectivity index (χ3v) is 2.25. The van der Waals surface area contributed by atoms with Gasteiger partial charge >= 0.3 is 0 Å². The molecule has 0 spiro atoms. The summed E-state index contributed by atoms with van der Waals surface area (Å²) in [5.41, 5.74) is 0.821. The summed E-state index contributed by atoms with van der Waals surface area (Å²) in [6.07, 6.45) is 0.0739. The van der Waals surface area contributed by atoms with Crippen molar-refractivity contribution in [1.82, 2.24) is 0 Å². The summed E-state index contributed by atoms with van der Waals surface area (Å²) in [6.45, 7) is 3.87.